The number of hydrogen-bond acceptors (Lipinski definition) is 6. The number of hydrogen-bond donors (Lipinski definition) is 1. The Bertz CT molecular complexity index is 1110. The SMILES string of the molecule is Cc1ccc(CN(Cc2ccc3c(c2)OCO3)Cc2nc(C(=O)NC(C)C)co2)c(C)c1. The number of nitrogens with one attached hydrogen (secondary N) is 1. The Morgan fingerprint density at radius 1 is 1.06 bits per heavy atom. The summed E-state index contributed by atoms with van der Waals surface area (Å²) in [6.07, 6.45) is 1.42. The van der Waals surface area contributed by atoms with Crippen molar-refractivity contribution >= 4 is 5.91 Å². The molecule has 3 aromatic rings. The number of fused-ring (bicyclic) bond motifs is 1. The van der Waals surface area contributed by atoms with Gasteiger partial charge in [0.05, 0.1) is 6.54 Å². The number of nitrogens with zero attached hydrogens (tertiary/aromatic N) is 2. The van der Waals surface area contributed by atoms with Crippen LogP contribution in [0.1, 0.15) is 52.5 Å². The van der Waals surface area contributed by atoms with E-state index in [4.69, 9.17) is 13.9 Å². The molecule has 0 fully saturated rings. The number of amides is 1. The Hall–Kier alpha value is -3.32. The molecule has 2 heterocycles. The molecule has 2 aromatic carbocycles. The Labute approximate surface area is 188 Å². The highest BCUT2D eigenvalue weighted by Crippen LogP contribution is 2.33. The molecular weight excluding hydrogens is 406 g/mol. The van der Waals surface area contributed by atoms with Crippen LogP contribution in [0.2, 0.25) is 0 Å². The standard InChI is InChI=1S/C25H29N3O4/c1-16(2)26-25(29)21-14-30-24(27-21)13-28(12-20-7-5-17(3)9-18(20)4)11-19-6-8-22-23(10-19)32-15-31-22/h5-10,14,16H,11-13,15H2,1-4H3,(H,26,29). The van der Waals surface area contributed by atoms with E-state index in [-0.39, 0.29) is 18.7 Å². The highest BCUT2D eigenvalue weighted by Gasteiger charge is 2.19. The monoisotopic (exact) mass is 435 g/mol. The molecule has 0 radical (unpaired) electrons. The molecule has 0 aliphatic carbocycles. The van der Waals surface area contributed by atoms with Crippen LogP contribution in [0, 0.1) is 13.8 Å². The van der Waals surface area contributed by atoms with Crippen LogP contribution in [0.15, 0.2) is 47.1 Å². The van der Waals surface area contributed by atoms with E-state index in [0.29, 0.717) is 24.7 Å². The predicted octanol–water partition coefficient (Wildman–Crippen LogP) is 4.36. The predicted molar refractivity (Wildman–Crippen MR) is 121 cm³/mol. The number of benzene rings is 2. The molecule has 1 N–H and O–H groups in total. The van der Waals surface area contributed by atoms with E-state index in [9.17, 15) is 4.79 Å². The van der Waals surface area contributed by atoms with Crippen molar-refractivity contribution in [3.63, 3.8) is 0 Å². The molecule has 32 heavy (non-hydrogen) atoms. The number of oxazole rings is 1. The molecule has 4 rings (SSSR count). The lowest BCUT2D eigenvalue weighted by Gasteiger charge is -2.22. The molecule has 0 atom stereocenters. The van der Waals surface area contributed by atoms with E-state index in [0.717, 1.165) is 23.6 Å². The lowest BCUT2D eigenvalue weighted by atomic mass is 10.0. The second kappa shape index (κ2) is 9.44. The molecule has 0 spiro atoms. The maximum atomic E-state index is 12.2. The van der Waals surface area contributed by atoms with Crippen molar-refractivity contribution in [2.24, 2.45) is 0 Å². The van der Waals surface area contributed by atoms with Gasteiger partial charge in [-0.05, 0) is 56.5 Å². The molecule has 0 saturated carbocycles. The lowest BCUT2D eigenvalue weighted by Crippen LogP contribution is -2.30. The van der Waals surface area contributed by atoms with E-state index >= 15 is 0 Å². The first kappa shape index (κ1) is 21.9. The quantitative estimate of drug-likeness (QED) is 0.567. The molecule has 7 heteroatoms. The highest BCUT2D eigenvalue weighted by atomic mass is 16.7. The van der Waals surface area contributed by atoms with Crippen LogP contribution in [0.5, 0.6) is 11.5 Å². The first-order chi connectivity index (χ1) is 15.4. The van der Waals surface area contributed by atoms with Crippen molar-refractivity contribution in [2.75, 3.05) is 6.79 Å². The van der Waals surface area contributed by atoms with Crippen molar-refractivity contribution in [2.45, 2.75) is 53.4 Å². The fourth-order valence-electron chi connectivity index (χ4n) is 3.74. The zero-order valence-corrected chi connectivity index (χ0v) is 19.0. The van der Waals surface area contributed by atoms with Crippen LogP contribution in [-0.4, -0.2) is 28.6 Å². The molecular formula is C25H29N3O4. The third kappa shape index (κ3) is 5.29. The van der Waals surface area contributed by atoms with Crippen molar-refractivity contribution in [3.05, 3.63) is 76.5 Å². The summed E-state index contributed by atoms with van der Waals surface area (Å²) in [5.74, 6) is 1.80. The zero-order chi connectivity index (χ0) is 22.7. The fraction of sp³-hybridized carbons (Fsp3) is 0.360. The van der Waals surface area contributed by atoms with Gasteiger partial charge in [0.1, 0.15) is 6.26 Å². The van der Waals surface area contributed by atoms with Crippen LogP contribution < -0.4 is 14.8 Å². The molecule has 1 aliphatic heterocycles. The maximum Gasteiger partial charge on any atom is 0.273 e. The number of carbonyl (C=O) groups excluding carboxylic acids is 1. The average Bonchev–Trinajstić information content (AvgIpc) is 3.38. The number of aryl methyl sites for hydroxylation is 2. The largest absolute Gasteiger partial charge is 0.454 e. The van der Waals surface area contributed by atoms with Gasteiger partial charge in [0.25, 0.3) is 5.91 Å². The Morgan fingerprint density at radius 3 is 2.66 bits per heavy atom. The van der Waals surface area contributed by atoms with E-state index < -0.39 is 0 Å². The first-order valence-corrected chi connectivity index (χ1v) is 10.8. The summed E-state index contributed by atoms with van der Waals surface area (Å²) >= 11 is 0. The molecule has 0 bridgehead atoms. The summed E-state index contributed by atoms with van der Waals surface area (Å²) in [7, 11) is 0. The van der Waals surface area contributed by atoms with Crippen molar-refractivity contribution in [3.8, 4) is 11.5 Å². The van der Waals surface area contributed by atoms with Crippen molar-refractivity contribution in [1.29, 1.82) is 0 Å². The highest BCUT2D eigenvalue weighted by molar-refractivity contribution is 5.92. The Morgan fingerprint density at radius 2 is 1.88 bits per heavy atom. The average molecular weight is 436 g/mol. The summed E-state index contributed by atoms with van der Waals surface area (Å²) in [6.45, 7) is 10.2. The molecule has 0 saturated heterocycles. The van der Waals surface area contributed by atoms with Gasteiger partial charge in [-0.15, -0.1) is 0 Å². The number of carbonyl (C=O) groups is 1. The van der Waals surface area contributed by atoms with E-state index in [1.54, 1.807) is 0 Å². The summed E-state index contributed by atoms with van der Waals surface area (Å²) in [6, 6.07) is 12.5. The van der Waals surface area contributed by atoms with Gasteiger partial charge in [-0.2, -0.15) is 0 Å². The van der Waals surface area contributed by atoms with Crippen molar-refractivity contribution < 1.29 is 18.7 Å². The number of ether oxygens (including phenoxy) is 2. The van der Waals surface area contributed by atoms with Gasteiger partial charge >= 0.3 is 0 Å². The van der Waals surface area contributed by atoms with E-state index in [1.807, 2.05) is 32.0 Å². The fourth-order valence-corrected chi connectivity index (χ4v) is 3.74. The lowest BCUT2D eigenvalue weighted by molar-refractivity contribution is 0.0938. The van der Waals surface area contributed by atoms with Gasteiger partial charge in [-0.25, -0.2) is 4.98 Å². The Balaban J connectivity index is 1.54. The number of aromatic nitrogens is 1. The molecule has 1 aromatic heterocycles. The van der Waals surface area contributed by atoms with Gasteiger partial charge in [0, 0.05) is 19.1 Å². The third-order valence-electron chi connectivity index (χ3n) is 5.30. The molecule has 1 amide bonds. The van der Waals surface area contributed by atoms with Crippen LogP contribution in [0.3, 0.4) is 0 Å². The van der Waals surface area contributed by atoms with Gasteiger partial charge in [-0.1, -0.05) is 29.8 Å². The second-order valence-corrected chi connectivity index (χ2v) is 8.52. The van der Waals surface area contributed by atoms with Crippen LogP contribution in [0.25, 0.3) is 0 Å². The minimum atomic E-state index is -0.230. The molecule has 1 aliphatic rings. The number of rotatable bonds is 8. The second-order valence-electron chi connectivity index (χ2n) is 8.52. The summed E-state index contributed by atoms with van der Waals surface area (Å²) in [4.78, 5) is 18.9. The van der Waals surface area contributed by atoms with Gasteiger partial charge in [0.15, 0.2) is 17.2 Å². The van der Waals surface area contributed by atoms with Crippen molar-refractivity contribution in [1.82, 2.24) is 15.2 Å². The summed E-state index contributed by atoms with van der Waals surface area (Å²) in [5.41, 5.74) is 5.11. The minimum absolute atomic E-state index is 0.0367. The van der Waals surface area contributed by atoms with Crippen LogP contribution >= 0.6 is 0 Å². The topological polar surface area (TPSA) is 76.8 Å². The first-order valence-electron chi connectivity index (χ1n) is 10.8. The summed E-state index contributed by atoms with van der Waals surface area (Å²) < 4.78 is 16.6. The van der Waals surface area contributed by atoms with Crippen LogP contribution in [-0.2, 0) is 19.6 Å². The van der Waals surface area contributed by atoms with Gasteiger partial charge in [0.2, 0.25) is 12.7 Å². The Kier molecular flexibility index (Phi) is 6.46. The van der Waals surface area contributed by atoms with E-state index in [1.165, 1.54) is 23.0 Å². The van der Waals surface area contributed by atoms with Crippen LogP contribution in [0.4, 0.5) is 0 Å². The minimum Gasteiger partial charge on any atom is -0.454 e. The molecule has 168 valence electrons. The third-order valence-corrected chi connectivity index (χ3v) is 5.30. The molecule has 7 nitrogen and oxygen atoms in total. The zero-order valence-electron chi connectivity index (χ0n) is 19.0. The summed E-state index contributed by atoms with van der Waals surface area (Å²) in [5, 5.41) is 2.84. The maximum absolute atomic E-state index is 12.2. The molecule has 0 unspecified atom stereocenters. The van der Waals surface area contributed by atoms with Gasteiger partial charge in [-0.3, -0.25) is 9.69 Å². The van der Waals surface area contributed by atoms with Gasteiger partial charge < -0.3 is 19.2 Å². The smallest absolute Gasteiger partial charge is 0.273 e. The normalized spacial score (nSPS) is 12.6. The van der Waals surface area contributed by atoms with E-state index in [2.05, 4.69) is 47.2 Å².